The number of sulfonamides is 1. The molecule has 0 unspecified atom stereocenters. The Morgan fingerprint density at radius 2 is 1.69 bits per heavy atom. The Hall–Kier alpha value is -2.13. The first-order chi connectivity index (χ1) is 15.3. The molecule has 32 heavy (non-hydrogen) atoms. The monoisotopic (exact) mass is 479 g/mol. The van der Waals surface area contributed by atoms with Gasteiger partial charge in [-0.15, -0.1) is 0 Å². The number of methoxy groups -OCH3 is 1. The summed E-state index contributed by atoms with van der Waals surface area (Å²) in [5.74, 6) is 0.486. The Morgan fingerprint density at radius 3 is 2.25 bits per heavy atom. The molecule has 1 amide bonds. The van der Waals surface area contributed by atoms with Gasteiger partial charge in [0.15, 0.2) is 0 Å². The maximum Gasteiger partial charge on any atom is 0.243 e. The molecule has 3 rings (SSSR count). The number of anilines is 1. The Balaban J connectivity index is 1.60. The number of carbonyl (C=O) groups excluding carboxylic acids is 1. The summed E-state index contributed by atoms with van der Waals surface area (Å²) in [7, 11) is -2.04. The van der Waals surface area contributed by atoms with Crippen molar-refractivity contribution in [1.29, 1.82) is 0 Å². The Morgan fingerprint density at radius 1 is 1.03 bits per heavy atom. The van der Waals surface area contributed by atoms with Gasteiger partial charge in [-0.2, -0.15) is 4.31 Å². The number of piperazine rings is 1. The minimum absolute atomic E-state index is 0.122. The van der Waals surface area contributed by atoms with E-state index in [1.807, 2.05) is 30.9 Å². The van der Waals surface area contributed by atoms with E-state index in [4.69, 9.17) is 16.3 Å². The molecule has 1 fully saturated rings. The van der Waals surface area contributed by atoms with Crippen molar-refractivity contribution in [1.82, 2.24) is 9.21 Å². The van der Waals surface area contributed by atoms with Crippen molar-refractivity contribution in [2.24, 2.45) is 0 Å². The van der Waals surface area contributed by atoms with Crippen LogP contribution in [-0.2, 0) is 27.7 Å². The summed E-state index contributed by atoms with van der Waals surface area (Å²) in [6, 6.07) is 10.2. The molecule has 0 atom stereocenters. The molecule has 1 aliphatic rings. The van der Waals surface area contributed by atoms with Gasteiger partial charge >= 0.3 is 0 Å². The summed E-state index contributed by atoms with van der Waals surface area (Å²) in [5.41, 5.74) is 2.79. The Bertz CT molecular complexity index is 1050. The summed E-state index contributed by atoms with van der Waals surface area (Å²) in [6.07, 6.45) is 1.52. The molecule has 1 heterocycles. The zero-order valence-electron chi connectivity index (χ0n) is 18.7. The van der Waals surface area contributed by atoms with Crippen molar-refractivity contribution in [2.45, 2.75) is 31.6 Å². The third-order valence-electron chi connectivity index (χ3n) is 5.74. The fraction of sp³-hybridized carbons (Fsp3) is 0.435. The van der Waals surface area contributed by atoms with Gasteiger partial charge in [0.1, 0.15) is 5.75 Å². The molecule has 0 radical (unpaired) electrons. The second kappa shape index (κ2) is 10.7. The van der Waals surface area contributed by atoms with Crippen molar-refractivity contribution in [2.75, 3.05) is 45.2 Å². The molecule has 1 N–H and O–H groups in total. The lowest BCUT2D eigenvalue weighted by atomic mass is 10.0. The number of aryl methyl sites for hydroxylation is 1. The van der Waals surface area contributed by atoms with Gasteiger partial charge in [-0.25, -0.2) is 8.42 Å². The molecular weight excluding hydrogens is 450 g/mol. The molecule has 0 aliphatic carbocycles. The standard InChI is InChI=1S/C23H30ClN3O4S/c1-4-17-6-11-21(24)20(5-2)23(17)25-22(28)16-26-12-14-27(15-13-26)32(29,30)19-9-7-18(31-3)8-10-19/h6-11H,4-5,12-16H2,1-3H3,(H,25,28). The number of carbonyl (C=O) groups is 1. The maximum atomic E-state index is 12.9. The van der Waals surface area contributed by atoms with Gasteiger partial charge in [0.2, 0.25) is 15.9 Å². The summed E-state index contributed by atoms with van der Waals surface area (Å²) in [6.45, 7) is 5.90. The Labute approximate surface area is 195 Å². The highest BCUT2D eigenvalue weighted by molar-refractivity contribution is 7.89. The molecule has 1 saturated heterocycles. The normalized spacial score (nSPS) is 15.5. The molecule has 0 aromatic heterocycles. The highest BCUT2D eigenvalue weighted by Gasteiger charge is 2.29. The van der Waals surface area contributed by atoms with Crippen LogP contribution >= 0.6 is 11.6 Å². The second-order valence-electron chi connectivity index (χ2n) is 7.67. The predicted molar refractivity (Wildman–Crippen MR) is 127 cm³/mol. The highest BCUT2D eigenvalue weighted by Crippen LogP contribution is 2.29. The molecule has 2 aromatic carbocycles. The molecule has 2 aromatic rings. The number of halogens is 1. The lowest BCUT2D eigenvalue weighted by molar-refractivity contribution is -0.117. The zero-order chi connectivity index (χ0) is 23.3. The number of hydrogen-bond donors (Lipinski definition) is 1. The van der Waals surface area contributed by atoms with E-state index in [0.717, 1.165) is 29.7 Å². The first-order valence-corrected chi connectivity index (χ1v) is 12.6. The number of hydrogen-bond acceptors (Lipinski definition) is 5. The molecule has 0 spiro atoms. The van der Waals surface area contributed by atoms with Crippen LogP contribution in [0.3, 0.4) is 0 Å². The van der Waals surface area contributed by atoms with E-state index in [0.29, 0.717) is 37.0 Å². The lowest BCUT2D eigenvalue weighted by Gasteiger charge is -2.33. The van der Waals surface area contributed by atoms with Crippen LogP contribution in [0.15, 0.2) is 41.3 Å². The predicted octanol–water partition coefficient (Wildman–Crippen LogP) is 3.42. The summed E-state index contributed by atoms with van der Waals surface area (Å²) in [4.78, 5) is 15.0. The van der Waals surface area contributed by atoms with E-state index in [1.165, 1.54) is 11.4 Å². The number of nitrogens with one attached hydrogen (secondary N) is 1. The van der Waals surface area contributed by atoms with Gasteiger partial charge in [-0.05, 0) is 54.3 Å². The van der Waals surface area contributed by atoms with Crippen molar-refractivity contribution in [3.8, 4) is 5.75 Å². The van der Waals surface area contributed by atoms with Crippen LogP contribution in [-0.4, -0.2) is 63.4 Å². The summed E-state index contributed by atoms with van der Waals surface area (Å²) in [5, 5.41) is 3.69. The van der Waals surface area contributed by atoms with E-state index >= 15 is 0 Å². The smallest absolute Gasteiger partial charge is 0.243 e. The van der Waals surface area contributed by atoms with E-state index in [1.54, 1.807) is 24.3 Å². The van der Waals surface area contributed by atoms with Crippen LogP contribution in [0.1, 0.15) is 25.0 Å². The fourth-order valence-electron chi connectivity index (χ4n) is 3.87. The first-order valence-electron chi connectivity index (χ1n) is 10.8. The van der Waals surface area contributed by atoms with Crippen LogP contribution in [0.4, 0.5) is 5.69 Å². The highest BCUT2D eigenvalue weighted by atomic mass is 35.5. The van der Waals surface area contributed by atoms with Gasteiger partial charge in [0, 0.05) is 36.9 Å². The molecule has 1 aliphatic heterocycles. The number of nitrogens with zero attached hydrogens (tertiary/aromatic N) is 2. The topological polar surface area (TPSA) is 79.0 Å². The summed E-state index contributed by atoms with van der Waals surface area (Å²) < 4.78 is 32.4. The quantitative estimate of drug-likeness (QED) is 0.627. The van der Waals surface area contributed by atoms with Gasteiger partial charge in [0.25, 0.3) is 0 Å². The number of benzene rings is 2. The van der Waals surface area contributed by atoms with Crippen LogP contribution in [0.2, 0.25) is 5.02 Å². The molecule has 174 valence electrons. The lowest BCUT2D eigenvalue weighted by Crippen LogP contribution is -2.50. The molecular formula is C23H30ClN3O4S. The average molecular weight is 480 g/mol. The van der Waals surface area contributed by atoms with Crippen molar-refractivity contribution in [3.05, 3.63) is 52.5 Å². The van der Waals surface area contributed by atoms with Crippen LogP contribution in [0, 0.1) is 0 Å². The van der Waals surface area contributed by atoms with Gasteiger partial charge in [0.05, 0.1) is 18.6 Å². The maximum absolute atomic E-state index is 12.9. The number of ether oxygens (including phenoxy) is 1. The molecule has 0 saturated carbocycles. The third-order valence-corrected chi connectivity index (χ3v) is 8.00. The fourth-order valence-corrected chi connectivity index (χ4v) is 5.59. The van der Waals surface area contributed by atoms with Crippen molar-refractivity contribution in [3.63, 3.8) is 0 Å². The summed E-state index contributed by atoms with van der Waals surface area (Å²) >= 11 is 6.33. The van der Waals surface area contributed by atoms with E-state index < -0.39 is 10.0 Å². The third kappa shape index (κ3) is 5.43. The van der Waals surface area contributed by atoms with E-state index in [2.05, 4.69) is 5.32 Å². The minimum atomic E-state index is -3.57. The minimum Gasteiger partial charge on any atom is -0.497 e. The number of rotatable bonds is 8. The van der Waals surface area contributed by atoms with Crippen LogP contribution in [0.5, 0.6) is 5.75 Å². The Kier molecular flexibility index (Phi) is 8.16. The van der Waals surface area contributed by atoms with Gasteiger partial charge in [-0.1, -0.05) is 31.5 Å². The van der Waals surface area contributed by atoms with Gasteiger partial charge in [-0.3, -0.25) is 9.69 Å². The zero-order valence-corrected chi connectivity index (χ0v) is 20.3. The average Bonchev–Trinajstić information content (AvgIpc) is 2.80. The van der Waals surface area contributed by atoms with E-state index in [9.17, 15) is 13.2 Å². The first kappa shape index (κ1) is 24.5. The van der Waals surface area contributed by atoms with Crippen LogP contribution < -0.4 is 10.1 Å². The second-order valence-corrected chi connectivity index (χ2v) is 10.0. The number of amides is 1. The van der Waals surface area contributed by atoms with Crippen LogP contribution in [0.25, 0.3) is 0 Å². The van der Waals surface area contributed by atoms with Crippen molar-refractivity contribution < 1.29 is 17.9 Å². The molecule has 7 nitrogen and oxygen atoms in total. The largest absolute Gasteiger partial charge is 0.497 e. The molecule has 9 heteroatoms. The van der Waals surface area contributed by atoms with Gasteiger partial charge < -0.3 is 10.1 Å². The SMILES string of the molecule is CCc1ccc(Cl)c(CC)c1NC(=O)CN1CCN(S(=O)(=O)c2ccc(OC)cc2)CC1. The van der Waals surface area contributed by atoms with E-state index in [-0.39, 0.29) is 17.3 Å². The van der Waals surface area contributed by atoms with Crippen molar-refractivity contribution >= 4 is 33.2 Å². The molecule has 0 bridgehead atoms.